The molecule has 63 heavy (non-hydrogen) atoms. The Balaban J connectivity index is -0.000000233. The molecule has 2 atom stereocenters. The number of ether oxygens (including phenoxy) is 3. The number of benzene rings is 3. The molecule has 5 nitrogen and oxygen atoms in total. The number of aryl methyl sites for hydroxylation is 2. The molecule has 0 aliphatic rings. The van der Waals surface area contributed by atoms with Gasteiger partial charge in [0.05, 0.1) is 11.7 Å². The zero-order chi connectivity index (χ0) is 50.2. The van der Waals surface area contributed by atoms with Gasteiger partial charge in [-0.3, -0.25) is 4.79 Å². The third-order valence-electron chi connectivity index (χ3n) is 8.99. The third-order valence-corrected chi connectivity index (χ3v) is 8.99. The summed E-state index contributed by atoms with van der Waals surface area (Å²) in [6.45, 7) is 47.6. The van der Waals surface area contributed by atoms with Crippen LogP contribution in [-0.2, 0) is 26.8 Å². The van der Waals surface area contributed by atoms with Crippen LogP contribution in [0, 0.1) is 18.8 Å². The van der Waals surface area contributed by atoms with Crippen molar-refractivity contribution in [2.75, 3.05) is 13.7 Å². The maximum Gasteiger partial charge on any atom is 0.163 e. The Hall–Kier alpha value is -4.22. The van der Waals surface area contributed by atoms with E-state index in [1.54, 1.807) is 14.0 Å². The maximum atomic E-state index is 11.6. The summed E-state index contributed by atoms with van der Waals surface area (Å²) >= 11 is 0. The predicted molar refractivity (Wildman–Crippen MR) is 281 cm³/mol. The van der Waals surface area contributed by atoms with Crippen molar-refractivity contribution < 1.29 is 23.8 Å². The zero-order valence-electron chi connectivity index (χ0n) is 45.2. The molecule has 0 saturated carbocycles. The average molecular weight is 875 g/mol. The maximum absolute atomic E-state index is 11.6. The highest BCUT2D eigenvalue weighted by Gasteiger charge is 2.21. The van der Waals surface area contributed by atoms with Gasteiger partial charge in [0.1, 0.15) is 23.5 Å². The van der Waals surface area contributed by atoms with Crippen molar-refractivity contribution >= 4 is 12.1 Å². The van der Waals surface area contributed by atoms with Gasteiger partial charge in [-0.15, -0.1) is 0 Å². The Morgan fingerprint density at radius 1 is 0.730 bits per heavy atom. The van der Waals surface area contributed by atoms with Crippen molar-refractivity contribution in [1.29, 1.82) is 0 Å². The second kappa shape index (κ2) is 41.8. The van der Waals surface area contributed by atoms with Crippen LogP contribution in [0.25, 0.3) is 0 Å². The number of allylic oxidation sites excluding steroid dienone is 5. The van der Waals surface area contributed by atoms with Crippen LogP contribution in [0.1, 0.15) is 191 Å². The molecule has 0 fully saturated rings. The lowest BCUT2D eigenvalue weighted by atomic mass is 9.82. The van der Waals surface area contributed by atoms with Crippen molar-refractivity contribution in [2.45, 2.75) is 189 Å². The van der Waals surface area contributed by atoms with Gasteiger partial charge in [-0.2, -0.15) is 0 Å². The number of rotatable bonds is 14. The molecule has 0 unspecified atom stereocenters. The summed E-state index contributed by atoms with van der Waals surface area (Å²) < 4.78 is 16.7. The molecule has 0 spiro atoms. The number of para-hydroxylation sites is 2. The van der Waals surface area contributed by atoms with E-state index in [4.69, 9.17) is 14.2 Å². The summed E-state index contributed by atoms with van der Waals surface area (Å²) in [5.74, 6) is 3.74. The van der Waals surface area contributed by atoms with Crippen LogP contribution in [0.3, 0.4) is 0 Å². The van der Waals surface area contributed by atoms with E-state index >= 15 is 0 Å². The van der Waals surface area contributed by atoms with E-state index in [0.717, 1.165) is 54.1 Å². The molecule has 0 N–H and O–H groups in total. The minimum atomic E-state index is -0.379. The standard InChI is InChI=1S/C16H20O.C15H22O2.C14H20O.C5H12O.4C2H6/c1-4-7-12-15(10-5-2)17-16-13-9-8-11-14(16)6-3;1-6-10(2)13(5)17-15-11(3)8-7-9-14(15)12(4)16;1-13(2,3)11-6-8-12(9-7-11)14(4,5)10-15;1-5(2)4-6-3;4*1-2/h4-5,7-13H,6H2,1-3H3;7-10,13H,6H2,1-5H3;6-10H,1-5H3;5H,4H2,1-3H3;4*1-2H3/b7-4+,10-5-,15-12+;;;;;;;/t;10-,13-;;;;;;/m.1....../s1. The van der Waals surface area contributed by atoms with Crippen LogP contribution in [0.4, 0.5) is 0 Å². The van der Waals surface area contributed by atoms with Gasteiger partial charge in [0.2, 0.25) is 0 Å². The highest BCUT2D eigenvalue weighted by molar-refractivity contribution is 5.97. The number of hydrogen-bond acceptors (Lipinski definition) is 5. The first-order valence-electron chi connectivity index (χ1n) is 23.9. The smallest absolute Gasteiger partial charge is 0.163 e. The van der Waals surface area contributed by atoms with Crippen LogP contribution in [0.15, 0.2) is 103 Å². The molecule has 360 valence electrons. The minimum Gasteiger partial charge on any atom is -0.489 e. The van der Waals surface area contributed by atoms with Crippen LogP contribution < -0.4 is 9.47 Å². The number of ketones is 1. The van der Waals surface area contributed by atoms with E-state index in [0.29, 0.717) is 17.4 Å². The topological polar surface area (TPSA) is 61.8 Å². The lowest BCUT2D eigenvalue weighted by Gasteiger charge is -2.22. The fourth-order valence-electron chi connectivity index (χ4n) is 5.02. The first kappa shape index (κ1) is 67.8. The number of carbonyl (C=O) groups excluding carboxylic acids is 2. The van der Waals surface area contributed by atoms with Gasteiger partial charge in [0, 0.05) is 19.1 Å². The predicted octanol–water partition coefficient (Wildman–Crippen LogP) is 17.5. The molecule has 0 bridgehead atoms. The molecule has 0 heterocycles. The van der Waals surface area contributed by atoms with Crippen LogP contribution in [0.2, 0.25) is 0 Å². The first-order chi connectivity index (χ1) is 29.8. The molecule has 0 saturated heterocycles. The molecular formula is C58H98O5. The van der Waals surface area contributed by atoms with E-state index in [-0.39, 0.29) is 22.7 Å². The van der Waals surface area contributed by atoms with Gasteiger partial charge >= 0.3 is 0 Å². The molecule has 3 aromatic rings. The molecule has 3 aromatic carbocycles. The van der Waals surface area contributed by atoms with Crippen molar-refractivity contribution in [2.24, 2.45) is 11.8 Å². The lowest BCUT2D eigenvalue weighted by molar-refractivity contribution is -0.111. The number of carbonyl (C=O) groups is 2. The van der Waals surface area contributed by atoms with Crippen LogP contribution in [-0.4, -0.2) is 31.9 Å². The summed E-state index contributed by atoms with van der Waals surface area (Å²) in [6, 6.07) is 22.2. The SMILES string of the molecule is CC.CC.CC.CC.CC(C)(C)c1ccc(C(C)(C)C=O)cc1.CC[C@@H](C)[C@@H](C)Oc1c(C)cccc1C(C)=O.COCC(C)C.C\C=C/C(=C\C=C\C)Oc1ccccc1CC. The van der Waals surface area contributed by atoms with Crippen molar-refractivity contribution in [3.05, 3.63) is 131 Å². The van der Waals surface area contributed by atoms with E-state index in [2.05, 4.69) is 92.6 Å². The molecule has 0 aromatic heterocycles. The molecular weight excluding hydrogens is 777 g/mol. The number of hydrogen-bond donors (Lipinski definition) is 0. The van der Waals surface area contributed by atoms with Gasteiger partial charge < -0.3 is 19.0 Å². The van der Waals surface area contributed by atoms with E-state index < -0.39 is 0 Å². The Morgan fingerprint density at radius 2 is 1.25 bits per heavy atom. The molecule has 0 radical (unpaired) electrons. The highest BCUT2D eigenvalue weighted by Crippen LogP contribution is 2.28. The van der Waals surface area contributed by atoms with Gasteiger partial charge in [-0.1, -0.05) is 190 Å². The summed E-state index contributed by atoms with van der Waals surface area (Å²) in [5, 5.41) is 0. The Labute approximate surface area is 391 Å². The van der Waals surface area contributed by atoms with Crippen molar-refractivity contribution in [1.82, 2.24) is 0 Å². The second-order valence-electron chi connectivity index (χ2n) is 15.9. The second-order valence-corrected chi connectivity index (χ2v) is 15.9. The van der Waals surface area contributed by atoms with E-state index in [1.165, 1.54) is 11.1 Å². The molecule has 0 aliphatic heterocycles. The third kappa shape index (κ3) is 31.3. The minimum absolute atomic E-state index is 0.0556. The average Bonchev–Trinajstić information content (AvgIpc) is 3.29. The summed E-state index contributed by atoms with van der Waals surface area (Å²) in [7, 11) is 1.72. The van der Waals surface area contributed by atoms with Gasteiger partial charge in [0.15, 0.2) is 5.78 Å². The molecule has 5 heteroatoms. The molecule has 3 rings (SSSR count). The quantitative estimate of drug-likeness (QED) is 0.0699. The number of aldehydes is 1. The Bertz CT molecular complexity index is 1620. The van der Waals surface area contributed by atoms with Gasteiger partial charge in [-0.25, -0.2) is 0 Å². The van der Waals surface area contributed by atoms with Gasteiger partial charge in [0.25, 0.3) is 0 Å². The molecule has 0 aliphatic carbocycles. The monoisotopic (exact) mass is 875 g/mol. The van der Waals surface area contributed by atoms with E-state index in [9.17, 15) is 9.59 Å². The highest BCUT2D eigenvalue weighted by atomic mass is 16.5. The fourth-order valence-corrected chi connectivity index (χ4v) is 5.02. The summed E-state index contributed by atoms with van der Waals surface area (Å²) in [6.07, 6.45) is 13.0. The zero-order valence-corrected chi connectivity index (χ0v) is 45.2. The normalized spacial score (nSPS) is 11.5. The summed E-state index contributed by atoms with van der Waals surface area (Å²) in [4.78, 5) is 22.5. The summed E-state index contributed by atoms with van der Waals surface area (Å²) in [5.41, 5.74) is 5.09. The number of methoxy groups -OCH3 is 1. The van der Waals surface area contributed by atoms with Crippen LogP contribution >= 0.6 is 0 Å². The fraction of sp³-hybridized carbons (Fsp3) is 0.552. The lowest BCUT2D eigenvalue weighted by Crippen LogP contribution is -2.22. The Morgan fingerprint density at radius 3 is 1.65 bits per heavy atom. The van der Waals surface area contributed by atoms with Gasteiger partial charge in [-0.05, 0) is 119 Å². The van der Waals surface area contributed by atoms with Crippen LogP contribution in [0.5, 0.6) is 11.5 Å². The number of Topliss-reactive ketones (excluding diaryl/α,β-unsaturated/α-hetero) is 1. The molecule has 0 amide bonds. The van der Waals surface area contributed by atoms with E-state index in [1.807, 2.05) is 157 Å². The Kier molecular flexibility index (Phi) is 45.0. The first-order valence-corrected chi connectivity index (χ1v) is 23.9. The largest absolute Gasteiger partial charge is 0.489 e. The van der Waals surface area contributed by atoms with Crippen molar-refractivity contribution in [3.8, 4) is 11.5 Å². The van der Waals surface area contributed by atoms with Crippen molar-refractivity contribution in [3.63, 3.8) is 0 Å².